The summed E-state index contributed by atoms with van der Waals surface area (Å²) in [5, 5.41) is 2.51. The van der Waals surface area contributed by atoms with E-state index >= 15 is 0 Å². The average Bonchev–Trinajstić information content (AvgIpc) is 3.15. The number of carbonyl (C=O) groups excluding carboxylic acids is 1. The van der Waals surface area contributed by atoms with Crippen molar-refractivity contribution in [2.24, 2.45) is 5.41 Å². The van der Waals surface area contributed by atoms with Crippen LogP contribution in [0.3, 0.4) is 0 Å². The third-order valence-electron chi connectivity index (χ3n) is 8.08. The number of amides is 1. The Labute approximate surface area is 241 Å². The van der Waals surface area contributed by atoms with Crippen molar-refractivity contribution in [1.29, 1.82) is 0 Å². The monoisotopic (exact) mass is 598 g/mol. The largest absolute Gasteiger partial charge is 0.496 e. The third-order valence-corrected chi connectivity index (χ3v) is 8.08. The van der Waals surface area contributed by atoms with Crippen LogP contribution >= 0.6 is 0 Å². The van der Waals surface area contributed by atoms with Gasteiger partial charge in [-0.3, -0.25) is 4.90 Å². The molecule has 0 aromatic heterocycles. The molecule has 1 unspecified atom stereocenters. The molecule has 0 saturated carbocycles. The summed E-state index contributed by atoms with van der Waals surface area (Å²) in [6.45, 7) is 8.70. The lowest BCUT2D eigenvalue weighted by Crippen LogP contribution is -2.35. The summed E-state index contributed by atoms with van der Waals surface area (Å²) in [7, 11) is 1.48. The number of carbonyl (C=O) groups is 1. The Morgan fingerprint density at radius 1 is 1.12 bits per heavy atom. The van der Waals surface area contributed by atoms with Crippen LogP contribution in [-0.4, -0.2) is 42.9 Å². The summed E-state index contributed by atoms with van der Waals surface area (Å²) in [5.74, 6) is 0.488. The number of allylic oxidation sites excluding steroid dienone is 1. The lowest BCUT2D eigenvalue weighted by molar-refractivity contribution is -0.139. The Bertz CT molecular complexity index is 1370. The molecule has 42 heavy (non-hydrogen) atoms. The van der Waals surface area contributed by atoms with Crippen LogP contribution in [0.25, 0.3) is 5.57 Å². The number of methoxy groups -OCH3 is 1. The van der Waals surface area contributed by atoms with Crippen LogP contribution in [0.5, 0.6) is 5.75 Å². The summed E-state index contributed by atoms with van der Waals surface area (Å²) >= 11 is 0. The van der Waals surface area contributed by atoms with Gasteiger partial charge >= 0.3 is 18.4 Å². The van der Waals surface area contributed by atoms with Gasteiger partial charge in [-0.25, -0.2) is 4.79 Å². The number of cyclic esters (lactones) is 1. The number of anilines is 1. The molecule has 1 aliphatic heterocycles. The predicted octanol–water partition coefficient (Wildman–Crippen LogP) is 8.93. The van der Waals surface area contributed by atoms with Gasteiger partial charge in [0.25, 0.3) is 0 Å². The molecule has 1 saturated heterocycles. The van der Waals surface area contributed by atoms with Gasteiger partial charge in [-0.05, 0) is 92.5 Å². The van der Waals surface area contributed by atoms with E-state index in [1.165, 1.54) is 18.1 Å². The van der Waals surface area contributed by atoms with Crippen molar-refractivity contribution in [3.05, 3.63) is 64.2 Å². The van der Waals surface area contributed by atoms with E-state index < -0.39 is 42.2 Å². The number of alkyl halides is 6. The van der Waals surface area contributed by atoms with Crippen LogP contribution in [-0.2, 0) is 10.9 Å². The minimum Gasteiger partial charge on any atom is -0.496 e. The number of nitrogens with one attached hydrogen (secondary N) is 1. The number of benzene rings is 2. The average molecular weight is 599 g/mol. The number of hydrogen-bond acceptors (Lipinski definition) is 4. The summed E-state index contributed by atoms with van der Waals surface area (Å²) in [4.78, 5) is 14.6. The zero-order valence-corrected chi connectivity index (χ0v) is 24.5. The highest BCUT2D eigenvalue weighted by Gasteiger charge is 2.43. The van der Waals surface area contributed by atoms with Gasteiger partial charge in [0.2, 0.25) is 0 Å². The molecule has 1 fully saturated rings. The van der Waals surface area contributed by atoms with Gasteiger partial charge in [0, 0.05) is 17.8 Å². The van der Waals surface area contributed by atoms with Gasteiger partial charge in [-0.15, -0.1) is 0 Å². The number of nitrogens with zero attached hydrogens (tertiary/aromatic N) is 1. The standard InChI is InChI=1S/C31H36F6N2O3/c1-17-11-20(13-22(12-17)31(35,36)37)27-18(2)39(28(40)42-27)16-21-15-29(4,5)10-9-24(21)25-14-23(7-8-26(25)41-6)38-19(3)30(32,33)34/h7-8,11-14,18-19,27,38H,9-10,15-16H2,1-6H3/t18-,19?,27-/m0/s1. The van der Waals surface area contributed by atoms with E-state index in [9.17, 15) is 31.1 Å². The Kier molecular flexibility index (Phi) is 8.55. The van der Waals surface area contributed by atoms with Crippen LogP contribution in [0.15, 0.2) is 42.0 Å². The zero-order valence-electron chi connectivity index (χ0n) is 24.5. The molecule has 1 heterocycles. The molecule has 2 aliphatic rings. The number of hydrogen-bond donors (Lipinski definition) is 1. The minimum absolute atomic E-state index is 0.114. The molecule has 1 N–H and O–H groups in total. The molecule has 3 atom stereocenters. The van der Waals surface area contributed by atoms with Gasteiger partial charge in [-0.2, -0.15) is 26.3 Å². The maximum Gasteiger partial charge on any atom is 0.416 e. The Morgan fingerprint density at radius 3 is 2.43 bits per heavy atom. The molecule has 0 bridgehead atoms. The smallest absolute Gasteiger partial charge is 0.416 e. The van der Waals surface area contributed by atoms with Crippen molar-refractivity contribution >= 4 is 17.4 Å². The highest BCUT2D eigenvalue weighted by atomic mass is 19.4. The van der Waals surface area contributed by atoms with Crippen molar-refractivity contribution < 1.29 is 40.6 Å². The second-order valence-electron chi connectivity index (χ2n) is 12.0. The summed E-state index contributed by atoms with van der Waals surface area (Å²) in [6.07, 6.45) is -8.50. The SMILES string of the molecule is COc1ccc(NC(C)C(F)(F)F)cc1C1=C(CN2C(=O)O[C@H](c3cc(C)cc(C(F)(F)F)c3)[C@@H]2C)CC(C)(C)CC1. The van der Waals surface area contributed by atoms with Gasteiger partial charge < -0.3 is 14.8 Å². The molecule has 11 heteroatoms. The van der Waals surface area contributed by atoms with Crippen molar-refractivity contribution in [2.45, 2.75) is 84.4 Å². The number of halogens is 6. The molecule has 230 valence electrons. The van der Waals surface area contributed by atoms with Gasteiger partial charge in [-0.1, -0.05) is 25.5 Å². The van der Waals surface area contributed by atoms with Crippen molar-refractivity contribution in [1.82, 2.24) is 4.90 Å². The fourth-order valence-electron chi connectivity index (χ4n) is 5.76. The first-order valence-corrected chi connectivity index (χ1v) is 13.8. The molecule has 1 aliphatic carbocycles. The van der Waals surface area contributed by atoms with E-state index in [4.69, 9.17) is 9.47 Å². The highest BCUT2D eigenvalue weighted by Crippen LogP contribution is 2.46. The normalized spacial score (nSPS) is 21.8. The first-order chi connectivity index (χ1) is 19.4. The quantitative estimate of drug-likeness (QED) is 0.324. The van der Waals surface area contributed by atoms with E-state index in [2.05, 4.69) is 19.2 Å². The molecule has 5 nitrogen and oxygen atoms in total. The summed E-state index contributed by atoms with van der Waals surface area (Å²) in [5.41, 5.74) is 2.43. The second-order valence-corrected chi connectivity index (χ2v) is 12.0. The van der Waals surface area contributed by atoms with E-state index in [0.717, 1.165) is 36.6 Å². The van der Waals surface area contributed by atoms with Crippen LogP contribution in [0, 0.1) is 12.3 Å². The van der Waals surface area contributed by atoms with E-state index in [1.807, 2.05) is 0 Å². The van der Waals surface area contributed by atoms with E-state index in [1.54, 1.807) is 32.0 Å². The highest BCUT2D eigenvalue weighted by molar-refractivity contribution is 5.78. The molecule has 4 rings (SSSR count). The van der Waals surface area contributed by atoms with Crippen molar-refractivity contribution in [3.63, 3.8) is 0 Å². The molecular formula is C31H36F6N2O3. The zero-order chi connectivity index (χ0) is 31.2. The van der Waals surface area contributed by atoms with Gasteiger partial charge in [0.05, 0.1) is 18.7 Å². The predicted molar refractivity (Wildman–Crippen MR) is 148 cm³/mol. The number of rotatable bonds is 7. The third kappa shape index (κ3) is 6.81. The topological polar surface area (TPSA) is 50.8 Å². The fourth-order valence-corrected chi connectivity index (χ4v) is 5.76. The second kappa shape index (κ2) is 11.4. The summed E-state index contributed by atoms with van der Waals surface area (Å²) < 4.78 is 91.4. The first kappa shape index (κ1) is 31.6. The van der Waals surface area contributed by atoms with Crippen LogP contribution in [0.4, 0.5) is 36.8 Å². The molecule has 0 radical (unpaired) electrons. The number of ether oxygens (including phenoxy) is 2. The number of aryl methyl sites for hydroxylation is 1. The van der Waals surface area contributed by atoms with Crippen molar-refractivity contribution in [3.8, 4) is 5.75 Å². The molecular weight excluding hydrogens is 562 g/mol. The van der Waals surface area contributed by atoms with Crippen LogP contribution in [0.2, 0.25) is 0 Å². The van der Waals surface area contributed by atoms with Crippen LogP contribution < -0.4 is 10.1 Å². The minimum atomic E-state index is -4.54. The fraction of sp³-hybridized carbons (Fsp3) is 0.516. The van der Waals surface area contributed by atoms with E-state index in [0.29, 0.717) is 29.7 Å². The maximum atomic E-state index is 13.5. The lowest BCUT2D eigenvalue weighted by Gasteiger charge is -2.36. The van der Waals surface area contributed by atoms with Crippen LogP contribution in [0.1, 0.15) is 75.3 Å². The maximum absolute atomic E-state index is 13.5. The van der Waals surface area contributed by atoms with Gasteiger partial charge in [0.15, 0.2) is 0 Å². The molecule has 2 aromatic rings. The van der Waals surface area contributed by atoms with E-state index in [-0.39, 0.29) is 23.2 Å². The Hall–Kier alpha value is -3.37. The Balaban J connectivity index is 1.70. The lowest BCUT2D eigenvalue weighted by atomic mass is 9.72. The first-order valence-electron chi connectivity index (χ1n) is 13.8. The molecule has 1 amide bonds. The molecule has 0 spiro atoms. The Morgan fingerprint density at radius 2 is 1.81 bits per heavy atom. The van der Waals surface area contributed by atoms with Crippen molar-refractivity contribution in [2.75, 3.05) is 19.0 Å². The molecule has 2 aromatic carbocycles. The van der Waals surface area contributed by atoms with Gasteiger partial charge in [0.1, 0.15) is 17.9 Å². The summed E-state index contributed by atoms with van der Waals surface area (Å²) in [6, 6.07) is 6.10.